The predicted octanol–water partition coefficient (Wildman–Crippen LogP) is -1.20. The highest BCUT2D eigenvalue weighted by molar-refractivity contribution is 5.73. The van der Waals surface area contributed by atoms with Crippen LogP contribution in [-0.2, 0) is 9.53 Å². The molecule has 0 spiro atoms. The van der Waals surface area contributed by atoms with Gasteiger partial charge in [0.05, 0.1) is 13.2 Å². The molecule has 0 aromatic rings. The van der Waals surface area contributed by atoms with Crippen LogP contribution in [0.4, 0.5) is 0 Å². The third-order valence-corrected chi connectivity index (χ3v) is 3.58. The Morgan fingerprint density at radius 2 is 2.12 bits per heavy atom. The highest BCUT2D eigenvalue weighted by atomic mass is 16.5. The van der Waals surface area contributed by atoms with E-state index in [4.69, 9.17) is 15.6 Å². The maximum atomic E-state index is 10.7. The zero-order valence-electron chi connectivity index (χ0n) is 10.0. The molecule has 0 aromatic carbocycles. The summed E-state index contributed by atoms with van der Waals surface area (Å²) in [6.07, 6.45) is 1.10. The number of hydrogen-bond donors (Lipinski definition) is 2. The number of carbonyl (C=O) groups is 1. The summed E-state index contributed by atoms with van der Waals surface area (Å²) < 4.78 is 5.33. The van der Waals surface area contributed by atoms with Crippen molar-refractivity contribution in [2.75, 3.05) is 45.9 Å². The van der Waals surface area contributed by atoms with Crippen LogP contribution in [0.3, 0.4) is 0 Å². The van der Waals surface area contributed by atoms with E-state index in [1.807, 2.05) is 0 Å². The molecule has 6 heteroatoms. The molecule has 0 amide bonds. The van der Waals surface area contributed by atoms with E-state index in [1.165, 1.54) is 0 Å². The topological polar surface area (TPSA) is 79.0 Å². The molecule has 0 aliphatic carbocycles. The monoisotopic (exact) mass is 243 g/mol. The summed E-state index contributed by atoms with van der Waals surface area (Å²) in [5.74, 6) is -0.917. The van der Waals surface area contributed by atoms with E-state index < -0.39 is 12.0 Å². The molecule has 3 N–H and O–H groups in total. The fourth-order valence-corrected chi connectivity index (χ4v) is 2.57. The normalized spacial score (nSPS) is 29.4. The van der Waals surface area contributed by atoms with Gasteiger partial charge in [-0.3, -0.25) is 14.6 Å². The largest absolute Gasteiger partial charge is 0.480 e. The van der Waals surface area contributed by atoms with Gasteiger partial charge in [0.1, 0.15) is 6.04 Å². The lowest BCUT2D eigenvalue weighted by Crippen LogP contribution is -2.46. The van der Waals surface area contributed by atoms with Crippen molar-refractivity contribution < 1.29 is 14.6 Å². The zero-order chi connectivity index (χ0) is 12.3. The van der Waals surface area contributed by atoms with Crippen LogP contribution in [0.5, 0.6) is 0 Å². The molecule has 2 aliphatic rings. The number of hydrogen-bond acceptors (Lipinski definition) is 5. The molecule has 98 valence electrons. The van der Waals surface area contributed by atoms with Crippen LogP contribution in [-0.4, -0.2) is 78.9 Å². The number of ether oxygens (including phenoxy) is 1. The molecular formula is C11H21N3O3. The first-order valence-electron chi connectivity index (χ1n) is 6.19. The van der Waals surface area contributed by atoms with Gasteiger partial charge < -0.3 is 15.6 Å². The molecule has 0 saturated carbocycles. The van der Waals surface area contributed by atoms with E-state index >= 15 is 0 Å². The van der Waals surface area contributed by atoms with Crippen molar-refractivity contribution in [2.45, 2.75) is 18.5 Å². The van der Waals surface area contributed by atoms with Gasteiger partial charge in [-0.1, -0.05) is 0 Å². The van der Waals surface area contributed by atoms with Crippen molar-refractivity contribution in [3.05, 3.63) is 0 Å². The number of nitrogens with two attached hydrogens (primary N) is 1. The Labute approximate surface area is 101 Å². The molecule has 2 unspecified atom stereocenters. The average Bonchev–Trinajstić information content (AvgIpc) is 2.78. The van der Waals surface area contributed by atoms with Crippen molar-refractivity contribution in [3.63, 3.8) is 0 Å². The van der Waals surface area contributed by atoms with Gasteiger partial charge in [-0.05, 0) is 13.0 Å². The molecule has 0 radical (unpaired) electrons. The first-order chi connectivity index (χ1) is 8.16. The SMILES string of the molecule is NC(CN1CCC(N2CCOCC2)C1)C(=O)O. The van der Waals surface area contributed by atoms with Crippen molar-refractivity contribution in [1.29, 1.82) is 0 Å². The molecule has 17 heavy (non-hydrogen) atoms. The highest BCUT2D eigenvalue weighted by Crippen LogP contribution is 2.16. The zero-order valence-corrected chi connectivity index (χ0v) is 10.0. The van der Waals surface area contributed by atoms with Gasteiger partial charge in [0.15, 0.2) is 0 Å². The second-order valence-electron chi connectivity index (χ2n) is 4.80. The van der Waals surface area contributed by atoms with Crippen LogP contribution in [0.1, 0.15) is 6.42 Å². The minimum Gasteiger partial charge on any atom is -0.480 e. The van der Waals surface area contributed by atoms with Crippen molar-refractivity contribution >= 4 is 5.97 Å². The molecular weight excluding hydrogens is 222 g/mol. The smallest absolute Gasteiger partial charge is 0.321 e. The number of nitrogens with zero attached hydrogens (tertiary/aromatic N) is 2. The molecule has 0 aromatic heterocycles. The van der Waals surface area contributed by atoms with E-state index in [0.29, 0.717) is 12.6 Å². The Kier molecular flexibility index (Phi) is 4.33. The number of rotatable bonds is 4. The van der Waals surface area contributed by atoms with Crippen LogP contribution in [0.2, 0.25) is 0 Å². The summed E-state index contributed by atoms with van der Waals surface area (Å²) in [6.45, 7) is 5.93. The second-order valence-corrected chi connectivity index (χ2v) is 4.80. The van der Waals surface area contributed by atoms with Gasteiger partial charge in [-0.25, -0.2) is 0 Å². The van der Waals surface area contributed by atoms with Gasteiger partial charge in [-0.2, -0.15) is 0 Å². The Bertz CT molecular complexity index is 269. The fraction of sp³-hybridized carbons (Fsp3) is 0.909. The lowest BCUT2D eigenvalue weighted by molar-refractivity contribution is -0.138. The van der Waals surface area contributed by atoms with Gasteiger partial charge in [0, 0.05) is 32.2 Å². The molecule has 2 aliphatic heterocycles. The minimum atomic E-state index is -0.917. The summed E-state index contributed by atoms with van der Waals surface area (Å²) >= 11 is 0. The summed E-state index contributed by atoms with van der Waals surface area (Å²) in [5, 5.41) is 8.78. The third-order valence-electron chi connectivity index (χ3n) is 3.58. The number of likely N-dealkylation sites (tertiary alicyclic amines) is 1. The maximum Gasteiger partial charge on any atom is 0.321 e. The van der Waals surface area contributed by atoms with Crippen LogP contribution in [0, 0.1) is 0 Å². The lowest BCUT2D eigenvalue weighted by atomic mass is 10.2. The molecule has 2 saturated heterocycles. The molecule has 2 rings (SSSR count). The number of carboxylic acid groups (broad SMARTS) is 1. The maximum absolute atomic E-state index is 10.7. The minimum absolute atomic E-state index is 0.455. The van der Waals surface area contributed by atoms with Crippen LogP contribution in [0.15, 0.2) is 0 Å². The fourth-order valence-electron chi connectivity index (χ4n) is 2.57. The second kappa shape index (κ2) is 5.77. The summed E-state index contributed by atoms with van der Waals surface area (Å²) in [7, 11) is 0. The van der Waals surface area contributed by atoms with Gasteiger partial charge >= 0.3 is 5.97 Å². The predicted molar refractivity (Wildman–Crippen MR) is 62.8 cm³/mol. The van der Waals surface area contributed by atoms with Crippen LogP contribution < -0.4 is 5.73 Å². The van der Waals surface area contributed by atoms with Gasteiger partial charge in [0.25, 0.3) is 0 Å². The van der Waals surface area contributed by atoms with E-state index in [1.54, 1.807) is 0 Å². The van der Waals surface area contributed by atoms with Crippen LogP contribution >= 0.6 is 0 Å². The van der Waals surface area contributed by atoms with Crippen LogP contribution in [0.25, 0.3) is 0 Å². The van der Waals surface area contributed by atoms with Crippen molar-refractivity contribution in [1.82, 2.24) is 9.80 Å². The summed E-state index contributed by atoms with van der Waals surface area (Å²) in [4.78, 5) is 15.3. The number of morpholine rings is 1. The van der Waals surface area contributed by atoms with E-state index in [2.05, 4.69) is 9.80 Å². The quantitative estimate of drug-likeness (QED) is 0.646. The van der Waals surface area contributed by atoms with Gasteiger partial charge in [0.2, 0.25) is 0 Å². The molecule has 6 nitrogen and oxygen atoms in total. The summed E-state index contributed by atoms with van der Waals surface area (Å²) in [6, 6.07) is -0.224. The van der Waals surface area contributed by atoms with Crippen molar-refractivity contribution in [3.8, 4) is 0 Å². The standard InChI is InChI=1S/C11H21N3O3/c12-10(11(15)16)8-13-2-1-9(7-13)14-3-5-17-6-4-14/h9-10H,1-8,12H2,(H,15,16). The van der Waals surface area contributed by atoms with E-state index in [-0.39, 0.29) is 0 Å². The van der Waals surface area contributed by atoms with Crippen molar-refractivity contribution in [2.24, 2.45) is 5.73 Å². The Hall–Kier alpha value is -0.690. The lowest BCUT2D eigenvalue weighted by Gasteiger charge is -2.32. The Balaban J connectivity index is 1.76. The van der Waals surface area contributed by atoms with E-state index in [9.17, 15) is 4.79 Å². The Morgan fingerprint density at radius 1 is 1.41 bits per heavy atom. The molecule has 2 atom stereocenters. The molecule has 0 bridgehead atoms. The summed E-state index contributed by atoms with van der Waals surface area (Å²) in [5.41, 5.74) is 5.55. The molecule has 2 fully saturated rings. The highest BCUT2D eigenvalue weighted by Gasteiger charge is 2.30. The number of aliphatic carboxylic acids is 1. The average molecular weight is 243 g/mol. The molecule has 2 heterocycles. The first-order valence-corrected chi connectivity index (χ1v) is 6.19. The third kappa shape index (κ3) is 3.38. The van der Waals surface area contributed by atoms with E-state index in [0.717, 1.165) is 45.8 Å². The van der Waals surface area contributed by atoms with Gasteiger partial charge in [-0.15, -0.1) is 0 Å². The Morgan fingerprint density at radius 3 is 2.76 bits per heavy atom. The first kappa shape index (κ1) is 12.8. The number of carboxylic acids is 1.